The van der Waals surface area contributed by atoms with Gasteiger partial charge in [0.1, 0.15) is 5.75 Å². The summed E-state index contributed by atoms with van der Waals surface area (Å²) in [7, 11) is -1.71. The molecular formula is C16H26ClF3N2OSi. The van der Waals surface area contributed by atoms with E-state index in [1.807, 2.05) is 4.90 Å². The number of rotatable bonds is 5. The molecule has 0 bridgehead atoms. The number of nitrogens with zero attached hydrogens (tertiary/aromatic N) is 1. The average molecular weight is 383 g/mol. The largest absolute Gasteiger partial charge is 0.544 e. The topological polar surface area (TPSA) is 24.5 Å². The van der Waals surface area contributed by atoms with Gasteiger partial charge in [-0.25, -0.2) is 0 Å². The van der Waals surface area contributed by atoms with Crippen LogP contribution in [0.25, 0.3) is 0 Å². The molecule has 24 heavy (non-hydrogen) atoms. The van der Waals surface area contributed by atoms with Crippen LogP contribution in [0.4, 0.5) is 13.2 Å². The summed E-state index contributed by atoms with van der Waals surface area (Å²) in [6, 6.07) is 6.50. The molecule has 0 aliphatic carbocycles. The average Bonchev–Trinajstić information content (AvgIpc) is 2.44. The third-order valence-corrected chi connectivity index (χ3v) is 4.55. The van der Waals surface area contributed by atoms with Crippen molar-refractivity contribution in [3.8, 4) is 5.75 Å². The predicted molar refractivity (Wildman–Crippen MR) is 95.5 cm³/mol. The Morgan fingerprint density at radius 2 is 1.67 bits per heavy atom. The lowest BCUT2D eigenvalue weighted by atomic mass is 10.0. The van der Waals surface area contributed by atoms with Crippen molar-refractivity contribution < 1.29 is 17.6 Å². The minimum atomic E-state index is -4.18. The Kier molecular flexibility index (Phi) is 7.59. The van der Waals surface area contributed by atoms with Gasteiger partial charge in [0.05, 0.1) is 6.42 Å². The van der Waals surface area contributed by atoms with Crippen molar-refractivity contribution >= 4 is 20.7 Å². The first-order valence-corrected chi connectivity index (χ1v) is 11.4. The number of alkyl halides is 3. The van der Waals surface area contributed by atoms with E-state index >= 15 is 0 Å². The van der Waals surface area contributed by atoms with E-state index in [9.17, 15) is 13.2 Å². The molecule has 0 radical (unpaired) electrons. The molecule has 1 saturated heterocycles. The Hall–Kier alpha value is -0.763. The maximum atomic E-state index is 13.0. The van der Waals surface area contributed by atoms with Gasteiger partial charge in [0.2, 0.25) is 8.32 Å². The smallest absolute Gasteiger partial charge is 0.390 e. The standard InChI is InChI=1S/C16H25F3N2OSi.ClH/c1-23(2,3)22-14-6-4-13(5-7-14)15(12-16(17,18)19)21-10-8-20-9-11-21;/h4-7,15,20H,8-12H2,1-3H3;1H/t15-;/m0./s1. The van der Waals surface area contributed by atoms with Crippen molar-refractivity contribution in [2.24, 2.45) is 0 Å². The first kappa shape index (κ1) is 21.3. The summed E-state index contributed by atoms with van der Waals surface area (Å²) in [5.41, 5.74) is 0.701. The van der Waals surface area contributed by atoms with Crippen molar-refractivity contribution in [3.05, 3.63) is 29.8 Å². The van der Waals surface area contributed by atoms with Gasteiger partial charge in [-0.3, -0.25) is 4.90 Å². The van der Waals surface area contributed by atoms with E-state index < -0.39 is 27.0 Å². The summed E-state index contributed by atoms with van der Waals surface area (Å²) in [6.45, 7) is 8.95. The molecule has 1 aliphatic heterocycles. The molecule has 0 saturated carbocycles. The first-order chi connectivity index (χ1) is 10.6. The van der Waals surface area contributed by atoms with Crippen LogP contribution in [0.1, 0.15) is 18.0 Å². The van der Waals surface area contributed by atoms with Crippen LogP contribution in [0, 0.1) is 0 Å². The zero-order chi connectivity index (χ0) is 17.1. The molecule has 0 unspecified atom stereocenters. The lowest BCUT2D eigenvalue weighted by Gasteiger charge is -2.35. The molecule has 0 amide bonds. The Balaban J connectivity index is 0.00000288. The fourth-order valence-corrected chi connectivity index (χ4v) is 3.63. The van der Waals surface area contributed by atoms with E-state index in [-0.39, 0.29) is 12.4 Å². The summed E-state index contributed by atoms with van der Waals surface area (Å²) in [4.78, 5) is 1.92. The minimum absolute atomic E-state index is 0. The van der Waals surface area contributed by atoms with Crippen molar-refractivity contribution in [2.75, 3.05) is 26.2 Å². The Morgan fingerprint density at radius 3 is 2.12 bits per heavy atom. The quantitative estimate of drug-likeness (QED) is 0.771. The van der Waals surface area contributed by atoms with Crippen LogP contribution in [0.3, 0.4) is 0 Å². The van der Waals surface area contributed by atoms with Gasteiger partial charge in [-0.05, 0) is 37.3 Å². The van der Waals surface area contributed by atoms with Crippen molar-refractivity contribution in [1.82, 2.24) is 10.2 Å². The van der Waals surface area contributed by atoms with E-state index in [4.69, 9.17) is 4.43 Å². The van der Waals surface area contributed by atoms with Crippen LogP contribution in [0.15, 0.2) is 24.3 Å². The number of hydrogen-bond donors (Lipinski definition) is 1. The normalized spacial score (nSPS) is 17.9. The zero-order valence-corrected chi connectivity index (χ0v) is 16.1. The number of halogens is 4. The zero-order valence-electron chi connectivity index (χ0n) is 14.3. The predicted octanol–water partition coefficient (Wildman–Crippen LogP) is 4.22. The van der Waals surface area contributed by atoms with E-state index in [0.29, 0.717) is 18.7 Å². The third-order valence-electron chi connectivity index (χ3n) is 3.71. The summed E-state index contributed by atoms with van der Waals surface area (Å²) in [5, 5.41) is 3.18. The molecule has 1 aromatic rings. The van der Waals surface area contributed by atoms with Crippen LogP contribution >= 0.6 is 12.4 Å². The van der Waals surface area contributed by atoms with Gasteiger partial charge in [0, 0.05) is 32.2 Å². The highest BCUT2D eigenvalue weighted by Gasteiger charge is 2.36. The molecule has 0 aromatic heterocycles. The molecule has 138 valence electrons. The molecule has 2 rings (SSSR count). The third kappa shape index (κ3) is 7.00. The lowest BCUT2D eigenvalue weighted by Crippen LogP contribution is -2.46. The molecule has 8 heteroatoms. The second kappa shape index (κ2) is 8.56. The lowest BCUT2D eigenvalue weighted by molar-refractivity contribution is -0.148. The summed E-state index contributed by atoms with van der Waals surface area (Å²) < 4.78 is 44.8. The Morgan fingerprint density at radius 1 is 1.12 bits per heavy atom. The van der Waals surface area contributed by atoms with Crippen molar-refractivity contribution in [1.29, 1.82) is 0 Å². The van der Waals surface area contributed by atoms with Crippen LogP contribution in [-0.2, 0) is 0 Å². The van der Waals surface area contributed by atoms with Crippen LogP contribution < -0.4 is 9.74 Å². The highest BCUT2D eigenvalue weighted by molar-refractivity contribution is 6.70. The minimum Gasteiger partial charge on any atom is -0.544 e. The number of piperazine rings is 1. The van der Waals surface area contributed by atoms with Crippen molar-refractivity contribution in [3.63, 3.8) is 0 Å². The Bertz CT molecular complexity index is 500. The molecule has 1 heterocycles. The van der Waals surface area contributed by atoms with E-state index in [1.54, 1.807) is 24.3 Å². The van der Waals surface area contributed by atoms with E-state index in [0.717, 1.165) is 18.8 Å². The molecule has 1 aliphatic rings. The molecule has 1 N–H and O–H groups in total. The highest BCUT2D eigenvalue weighted by Crippen LogP contribution is 2.34. The van der Waals surface area contributed by atoms with Gasteiger partial charge in [0.25, 0.3) is 0 Å². The second-order valence-electron chi connectivity index (χ2n) is 6.90. The number of benzene rings is 1. The summed E-state index contributed by atoms with van der Waals surface area (Å²) in [6.07, 6.45) is -5.00. The van der Waals surface area contributed by atoms with Gasteiger partial charge >= 0.3 is 6.18 Å². The van der Waals surface area contributed by atoms with Gasteiger partial charge in [0.15, 0.2) is 0 Å². The summed E-state index contributed by atoms with van der Waals surface area (Å²) >= 11 is 0. The molecule has 1 atom stereocenters. The maximum absolute atomic E-state index is 13.0. The number of nitrogens with one attached hydrogen (secondary N) is 1. The molecule has 0 spiro atoms. The maximum Gasteiger partial charge on any atom is 0.390 e. The van der Waals surface area contributed by atoms with Gasteiger partial charge in [-0.15, -0.1) is 12.4 Å². The second-order valence-corrected chi connectivity index (χ2v) is 11.3. The molecule has 1 aromatic carbocycles. The van der Waals surface area contributed by atoms with Crippen molar-refractivity contribution in [2.45, 2.75) is 38.3 Å². The highest BCUT2D eigenvalue weighted by atomic mass is 35.5. The Labute approximate surface area is 149 Å². The van der Waals surface area contributed by atoms with Gasteiger partial charge in [-0.1, -0.05) is 12.1 Å². The fraction of sp³-hybridized carbons (Fsp3) is 0.625. The number of hydrogen-bond acceptors (Lipinski definition) is 3. The van der Waals surface area contributed by atoms with Crippen LogP contribution in [0.2, 0.25) is 19.6 Å². The van der Waals surface area contributed by atoms with Crippen LogP contribution in [0.5, 0.6) is 5.75 Å². The van der Waals surface area contributed by atoms with Gasteiger partial charge < -0.3 is 9.74 Å². The molecular weight excluding hydrogens is 357 g/mol. The fourth-order valence-electron chi connectivity index (χ4n) is 2.78. The SMILES string of the molecule is C[Si](C)(C)Oc1ccc([C@H](CC(F)(F)F)N2CCNCC2)cc1.Cl. The van der Waals surface area contributed by atoms with E-state index in [2.05, 4.69) is 25.0 Å². The van der Waals surface area contributed by atoms with E-state index in [1.165, 1.54) is 0 Å². The van der Waals surface area contributed by atoms with Crippen LogP contribution in [-0.4, -0.2) is 45.6 Å². The molecule has 3 nitrogen and oxygen atoms in total. The monoisotopic (exact) mass is 382 g/mol. The molecule has 1 fully saturated rings. The summed E-state index contributed by atoms with van der Waals surface area (Å²) in [5.74, 6) is 0.735. The van der Waals surface area contributed by atoms with Gasteiger partial charge in [-0.2, -0.15) is 13.2 Å². The first-order valence-electron chi connectivity index (χ1n) is 7.94.